The number of nitrogens with zero attached hydrogens (tertiary/aromatic N) is 1. The highest BCUT2D eigenvalue weighted by Gasteiger charge is 2.21. The van der Waals surface area contributed by atoms with Crippen molar-refractivity contribution in [2.75, 3.05) is 0 Å². The van der Waals surface area contributed by atoms with Gasteiger partial charge in [0.1, 0.15) is 7.05 Å². The Morgan fingerprint density at radius 2 is 1.57 bits per heavy atom. The molecule has 1 nitrogen and oxygen atoms in total. The van der Waals surface area contributed by atoms with Crippen LogP contribution in [-0.4, -0.2) is 0 Å². The summed E-state index contributed by atoms with van der Waals surface area (Å²) in [5.41, 5.74) is 1.83. The quantitative estimate of drug-likeness (QED) is 0.670. The lowest BCUT2D eigenvalue weighted by molar-refractivity contribution is -0.660. The topological polar surface area (TPSA) is 3.88 Å². The predicted octanol–water partition coefficient (Wildman–Crippen LogP) is 4.71. The van der Waals surface area contributed by atoms with Gasteiger partial charge in [0.15, 0.2) is 6.20 Å². The molecule has 2 rings (SSSR count). The van der Waals surface area contributed by atoms with E-state index in [1.807, 2.05) is 20.8 Å². The Balaban J connectivity index is 2.91. The van der Waals surface area contributed by atoms with Crippen LogP contribution in [0.25, 0.3) is 11.3 Å². The lowest BCUT2D eigenvalue weighted by Crippen LogP contribution is -2.31. The minimum atomic E-state index is -2.61. The van der Waals surface area contributed by atoms with E-state index in [0.29, 0.717) is 22.4 Å². The molecule has 0 aliphatic heterocycles. The van der Waals surface area contributed by atoms with Gasteiger partial charge in [0.25, 0.3) is 0 Å². The Labute approximate surface area is 142 Å². The molecule has 0 aliphatic carbocycles. The molecular weight excluding hydrogens is 254 g/mol. The normalized spacial score (nSPS) is 20.0. The van der Waals surface area contributed by atoms with Crippen LogP contribution in [0.15, 0.2) is 24.4 Å². The van der Waals surface area contributed by atoms with Gasteiger partial charge in [-0.2, -0.15) is 0 Å². The van der Waals surface area contributed by atoms with Crippen LogP contribution in [-0.2, 0) is 12.5 Å². The molecule has 1 heterocycles. The Kier molecular flexibility index (Phi) is 1.91. The van der Waals surface area contributed by atoms with Gasteiger partial charge in [0, 0.05) is 29.5 Å². The Hall–Kier alpha value is -1.63. The lowest BCUT2D eigenvalue weighted by atomic mass is 9.81. The van der Waals surface area contributed by atoms with Gasteiger partial charge < -0.3 is 0 Å². The standard InChI is InChI=1S/C20H28N/c1-13-10-19(21(8)12-16(13)4)17-11-18(20(5,6)7)15(3)9-14(17)2/h9-12H,1-8H3/q+1/i1D3,3D3,4D3. The molecule has 0 saturated carbocycles. The second-order valence-electron chi connectivity index (χ2n) is 6.56. The summed E-state index contributed by atoms with van der Waals surface area (Å²) >= 11 is 0. The van der Waals surface area contributed by atoms with Crippen molar-refractivity contribution in [2.24, 2.45) is 7.05 Å². The van der Waals surface area contributed by atoms with E-state index in [2.05, 4.69) is 0 Å². The summed E-state index contributed by atoms with van der Waals surface area (Å²) in [6, 6.07) is 4.79. The predicted molar refractivity (Wildman–Crippen MR) is 90.7 cm³/mol. The zero-order valence-corrected chi connectivity index (χ0v) is 13.3. The van der Waals surface area contributed by atoms with Crippen molar-refractivity contribution in [3.8, 4) is 11.3 Å². The lowest BCUT2D eigenvalue weighted by Gasteiger charge is -2.23. The summed E-state index contributed by atoms with van der Waals surface area (Å²) in [6.45, 7) is 0.0580. The van der Waals surface area contributed by atoms with Crippen LogP contribution in [0, 0.1) is 27.5 Å². The van der Waals surface area contributed by atoms with Gasteiger partial charge >= 0.3 is 0 Å². The summed E-state index contributed by atoms with van der Waals surface area (Å²) in [4.78, 5) is 0. The van der Waals surface area contributed by atoms with Crippen LogP contribution in [0.2, 0.25) is 0 Å². The third-order valence-electron chi connectivity index (χ3n) is 3.72. The molecule has 1 aromatic heterocycles. The molecule has 0 saturated heterocycles. The summed E-state index contributed by atoms with van der Waals surface area (Å²) in [6.07, 6.45) is 1.33. The molecule has 0 aliphatic rings. The third kappa shape index (κ3) is 3.02. The Morgan fingerprint density at radius 1 is 0.905 bits per heavy atom. The van der Waals surface area contributed by atoms with Crippen LogP contribution < -0.4 is 4.57 Å². The van der Waals surface area contributed by atoms with E-state index < -0.39 is 26.0 Å². The maximum atomic E-state index is 7.91. The molecular formula is C20H28N+. The first-order valence-corrected chi connectivity index (χ1v) is 6.95. The molecule has 0 bridgehead atoms. The Morgan fingerprint density at radius 3 is 2.14 bits per heavy atom. The summed E-state index contributed by atoms with van der Waals surface area (Å²) < 4.78 is 72.0. The molecule has 1 heteroatoms. The minimum Gasteiger partial charge on any atom is -0.201 e. The van der Waals surface area contributed by atoms with Gasteiger partial charge in [-0.15, -0.1) is 0 Å². The number of pyridine rings is 1. The smallest absolute Gasteiger partial charge is 0.201 e. The first-order valence-electron chi connectivity index (χ1n) is 11.4. The number of hydrogen-bond donors (Lipinski definition) is 0. The number of rotatable bonds is 1. The highest BCUT2D eigenvalue weighted by atomic mass is 14.9. The monoisotopic (exact) mass is 291 g/mol. The van der Waals surface area contributed by atoms with Crippen molar-refractivity contribution < 1.29 is 16.9 Å². The van der Waals surface area contributed by atoms with Gasteiger partial charge in [-0.25, -0.2) is 4.57 Å². The van der Waals surface area contributed by atoms with Crippen molar-refractivity contribution >= 4 is 0 Å². The SMILES string of the molecule is [2H]C([2H])([2H])c1cc(-c2cc(C(C)(C)C)c(C([2H])([2H])[2H])cc2C)[n+](C)cc1C([2H])([2H])[2H]. The van der Waals surface area contributed by atoms with E-state index in [9.17, 15) is 0 Å². The average Bonchev–Trinajstić information content (AvgIpc) is 2.50. The van der Waals surface area contributed by atoms with Crippen molar-refractivity contribution in [2.45, 2.75) is 53.7 Å². The van der Waals surface area contributed by atoms with E-state index in [-0.39, 0.29) is 16.7 Å². The van der Waals surface area contributed by atoms with Crippen molar-refractivity contribution in [3.05, 3.63) is 52.2 Å². The van der Waals surface area contributed by atoms with Crippen LogP contribution in [0.3, 0.4) is 0 Å². The van der Waals surface area contributed by atoms with Crippen molar-refractivity contribution in [3.63, 3.8) is 0 Å². The number of hydrogen-bond acceptors (Lipinski definition) is 0. The summed E-state index contributed by atoms with van der Waals surface area (Å²) in [5.74, 6) is 0. The number of aryl methyl sites for hydroxylation is 5. The first kappa shape index (κ1) is 7.58. The Bertz CT molecular complexity index is 879. The van der Waals surface area contributed by atoms with E-state index in [4.69, 9.17) is 12.3 Å². The van der Waals surface area contributed by atoms with E-state index in [1.165, 1.54) is 12.3 Å². The molecule has 0 unspecified atom stereocenters. The second-order valence-corrected chi connectivity index (χ2v) is 6.56. The number of benzene rings is 1. The maximum absolute atomic E-state index is 7.91. The molecule has 0 amide bonds. The van der Waals surface area contributed by atoms with Gasteiger partial charge in [0.05, 0.1) is 0 Å². The first-order chi connectivity index (χ1) is 13.2. The fourth-order valence-corrected chi connectivity index (χ4v) is 2.52. The van der Waals surface area contributed by atoms with Crippen LogP contribution in [0.1, 0.15) is 60.9 Å². The van der Waals surface area contributed by atoms with Gasteiger partial charge in [-0.1, -0.05) is 26.8 Å². The zero-order chi connectivity index (χ0) is 23.4. The van der Waals surface area contributed by atoms with Crippen molar-refractivity contribution in [1.82, 2.24) is 0 Å². The van der Waals surface area contributed by atoms with Gasteiger partial charge in [0.2, 0.25) is 5.69 Å². The summed E-state index contributed by atoms with van der Waals surface area (Å²) in [7, 11) is 1.65. The fourth-order valence-electron chi connectivity index (χ4n) is 2.52. The maximum Gasteiger partial charge on any atom is 0.212 e. The number of aromatic nitrogens is 1. The molecule has 0 spiro atoms. The minimum absolute atomic E-state index is 0.221. The average molecular weight is 292 g/mol. The molecule has 0 radical (unpaired) electrons. The van der Waals surface area contributed by atoms with E-state index in [0.717, 1.165) is 0 Å². The molecule has 0 fully saturated rings. The van der Waals surface area contributed by atoms with E-state index in [1.54, 1.807) is 30.7 Å². The van der Waals surface area contributed by atoms with Gasteiger partial charge in [-0.3, -0.25) is 0 Å². The van der Waals surface area contributed by atoms with Gasteiger partial charge in [-0.05, 0) is 61.2 Å². The third-order valence-corrected chi connectivity index (χ3v) is 3.72. The molecule has 0 N–H and O–H groups in total. The summed E-state index contributed by atoms with van der Waals surface area (Å²) in [5, 5.41) is 0. The molecule has 21 heavy (non-hydrogen) atoms. The highest BCUT2D eigenvalue weighted by molar-refractivity contribution is 5.64. The second kappa shape index (κ2) is 5.29. The molecule has 112 valence electrons. The zero-order valence-electron chi connectivity index (χ0n) is 22.3. The van der Waals surface area contributed by atoms with Crippen molar-refractivity contribution in [1.29, 1.82) is 0 Å². The van der Waals surface area contributed by atoms with Crippen LogP contribution in [0.5, 0.6) is 0 Å². The van der Waals surface area contributed by atoms with Crippen LogP contribution in [0.4, 0.5) is 0 Å². The van der Waals surface area contributed by atoms with E-state index >= 15 is 0 Å². The fraction of sp³-hybridized carbons (Fsp3) is 0.450. The molecule has 2 aromatic rings. The molecule has 1 aromatic carbocycles. The molecule has 0 atom stereocenters. The van der Waals surface area contributed by atoms with Crippen LogP contribution >= 0.6 is 0 Å². The largest absolute Gasteiger partial charge is 0.212 e. The highest BCUT2D eigenvalue weighted by Crippen LogP contribution is 2.32.